The predicted molar refractivity (Wildman–Crippen MR) is 114 cm³/mol. The van der Waals surface area contributed by atoms with Crippen LogP contribution in [0.15, 0.2) is 41.0 Å². The van der Waals surface area contributed by atoms with Gasteiger partial charge >= 0.3 is 160 Å². The molecule has 0 atom stereocenters. The van der Waals surface area contributed by atoms with Crippen LogP contribution in [0.25, 0.3) is 0 Å². The van der Waals surface area contributed by atoms with Gasteiger partial charge in [0.2, 0.25) is 0 Å². The first kappa shape index (κ1) is 25.9. The molecule has 0 nitrogen and oxygen atoms in total. The predicted octanol–water partition coefficient (Wildman–Crippen LogP) is 7.48. The van der Waals surface area contributed by atoms with Crippen LogP contribution in [0.4, 0.5) is 9.41 Å². The van der Waals surface area contributed by atoms with Gasteiger partial charge in [-0.2, -0.15) is 0 Å². The topological polar surface area (TPSA) is 0 Å². The van der Waals surface area contributed by atoms with Crippen LogP contribution in [-0.2, 0) is 20.9 Å². The molecule has 0 fully saturated rings. The molecule has 0 unspecified atom stereocenters. The normalized spacial score (nSPS) is 16.6. The third-order valence-electron chi connectivity index (χ3n) is 5.69. The maximum atomic E-state index is 2.66. The van der Waals surface area contributed by atoms with E-state index in [2.05, 4.69) is 52.9 Å². The van der Waals surface area contributed by atoms with Crippen LogP contribution in [0, 0.1) is 0 Å². The summed E-state index contributed by atoms with van der Waals surface area (Å²) in [7, 11) is 0. The summed E-state index contributed by atoms with van der Waals surface area (Å²) in [6, 6.07) is 0. The van der Waals surface area contributed by atoms with Gasteiger partial charge in [-0.25, -0.2) is 0 Å². The van der Waals surface area contributed by atoms with E-state index in [4.69, 9.17) is 0 Å². The quantitative estimate of drug-likeness (QED) is 0.313. The Labute approximate surface area is 168 Å². The van der Waals surface area contributed by atoms with Gasteiger partial charge < -0.3 is 0 Å². The minimum Gasteiger partial charge on any atom is -0.269 e. The molecule has 0 saturated carbocycles. The first-order valence-corrected chi connectivity index (χ1v) is 19.8. The zero-order valence-corrected chi connectivity index (χ0v) is 21.3. The van der Waals surface area contributed by atoms with E-state index < -0.39 is 26.8 Å². The Kier molecular flexibility index (Phi) is 12.4. The van der Waals surface area contributed by atoms with Gasteiger partial charge in [0, 0.05) is 0 Å². The standard InChI is InChI=1S/2C10H15.C2H7Si.2FH.Zr/c2*1-3-4-7-10-8-5-6-9(10)2;1-3-2;;;/h2*6H,3-5,7H2,1-2H3;3H,1-2H3;2*1H;. The second-order valence-electron chi connectivity index (χ2n) is 7.87. The van der Waals surface area contributed by atoms with E-state index in [9.17, 15) is 0 Å². The number of halogens is 2. The maximum absolute atomic E-state index is 2.66. The van der Waals surface area contributed by atoms with E-state index in [0.717, 1.165) is 0 Å². The first-order chi connectivity index (χ1) is 11.5. The van der Waals surface area contributed by atoms with Crippen LogP contribution >= 0.6 is 0 Å². The SMILES string of the molecule is CCCCC1=[C]([Zr]([C]2=C(CCCC)C(C)=CC2)[SiH](C)C)CC=C1C.F.F. The van der Waals surface area contributed by atoms with Gasteiger partial charge in [0.15, 0.2) is 0 Å². The van der Waals surface area contributed by atoms with Gasteiger partial charge in [-0.1, -0.05) is 0 Å². The molecular weight excluding hydrogens is 422 g/mol. The van der Waals surface area contributed by atoms with Crippen LogP contribution in [-0.4, -0.2) is 5.92 Å². The number of hydrogen-bond acceptors (Lipinski definition) is 0. The molecule has 0 aromatic carbocycles. The van der Waals surface area contributed by atoms with E-state index in [1.807, 2.05) is 17.7 Å². The smallest absolute Gasteiger partial charge is 0.269 e. The van der Waals surface area contributed by atoms with Crippen molar-refractivity contribution in [1.82, 2.24) is 0 Å². The molecule has 0 spiro atoms. The van der Waals surface area contributed by atoms with Crippen LogP contribution in [0.1, 0.15) is 79.1 Å². The average molecular weight is 461 g/mol. The molecule has 4 heteroatoms. The summed E-state index contributed by atoms with van der Waals surface area (Å²) in [5.74, 6) is -0.577. The van der Waals surface area contributed by atoms with Gasteiger partial charge in [0.05, 0.1) is 0 Å². The summed E-state index contributed by atoms with van der Waals surface area (Å²) in [5, 5.41) is 0. The summed E-state index contributed by atoms with van der Waals surface area (Å²) >= 11 is -1.60. The fraction of sp³-hybridized carbons (Fsp3) is 0.636. The molecule has 0 aromatic heterocycles. The largest absolute Gasteiger partial charge is 0.269 e. The Morgan fingerprint density at radius 2 is 1.19 bits per heavy atom. The minimum absolute atomic E-state index is 0. The van der Waals surface area contributed by atoms with Crippen molar-refractivity contribution in [3.63, 3.8) is 0 Å². The van der Waals surface area contributed by atoms with Crippen molar-refractivity contribution in [2.24, 2.45) is 0 Å². The molecule has 149 valence electrons. The van der Waals surface area contributed by atoms with Gasteiger partial charge in [-0.05, 0) is 0 Å². The van der Waals surface area contributed by atoms with E-state index >= 15 is 0 Å². The molecule has 0 saturated heterocycles. The van der Waals surface area contributed by atoms with Crippen molar-refractivity contribution < 1.29 is 30.3 Å². The van der Waals surface area contributed by atoms with E-state index in [1.165, 1.54) is 51.4 Å². The molecule has 0 aliphatic heterocycles. The molecular formula is C22H39F2SiZr. The third kappa shape index (κ3) is 5.96. The van der Waals surface area contributed by atoms with Crippen molar-refractivity contribution in [3.8, 4) is 0 Å². The molecule has 2 rings (SSSR count). The molecule has 0 aromatic rings. The van der Waals surface area contributed by atoms with E-state index in [1.54, 1.807) is 11.1 Å². The van der Waals surface area contributed by atoms with Gasteiger partial charge in [0.25, 0.3) is 0 Å². The first-order valence-electron chi connectivity index (χ1n) is 10.2. The van der Waals surface area contributed by atoms with Gasteiger partial charge in [0.1, 0.15) is 0 Å². The fourth-order valence-corrected chi connectivity index (χ4v) is 25.1. The van der Waals surface area contributed by atoms with Crippen molar-refractivity contribution >= 4 is 5.92 Å². The van der Waals surface area contributed by atoms with E-state index in [0.29, 0.717) is 0 Å². The molecule has 0 heterocycles. The zero-order chi connectivity index (χ0) is 17.7. The number of unbranched alkanes of at least 4 members (excludes halogenated alkanes) is 2. The number of allylic oxidation sites excluding steroid dienone is 8. The molecule has 2 aliphatic rings. The summed E-state index contributed by atoms with van der Waals surface area (Å²) in [6.45, 7) is 14.7. The minimum atomic E-state index is -1.60. The summed E-state index contributed by atoms with van der Waals surface area (Å²) in [6.07, 6.45) is 15.8. The van der Waals surface area contributed by atoms with Crippen molar-refractivity contribution in [1.29, 1.82) is 0 Å². The monoisotopic (exact) mass is 459 g/mol. The number of rotatable bonds is 9. The summed E-state index contributed by atoms with van der Waals surface area (Å²) in [5.41, 5.74) is 6.90. The second-order valence-corrected chi connectivity index (χ2v) is 27.1. The molecule has 0 amide bonds. The fourth-order valence-electron chi connectivity index (χ4n) is 4.31. The Morgan fingerprint density at radius 3 is 1.50 bits per heavy atom. The molecule has 26 heavy (non-hydrogen) atoms. The molecule has 0 N–H and O–H groups in total. The summed E-state index contributed by atoms with van der Waals surface area (Å²) < 4.78 is 4.02. The molecule has 0 bridgehead atoms. The van der Waals surface area contributed by atoms with Gasteiger partial charge in [-0.15, -0.1) is 0 Å². The molecule has 0 radical (unpaired) electrons. The average Bonchev–Trinajstić information content (AvgIpc) is 3.08. The Bertz CT molecular complexity index is 537. The van der Waals surface area contributed by atoms with Crippen LogP contribution in [0.3, 0.4) is 0 Å². The van der Waals surface area contributed by atoms with Crippen LogP contribution in [0.2, 0.25) is 13.1 Å². The van der Waals surface area contributed by atoms with Crippen LogP contribution in [0.5, 0.6) is 0 Å². The Balaban J connectivity index is 0.00000312. The number of hydrogen-bond donors (Lipinski definition) is 0. The maximum Gasteiger partial charge on any atom is -0.269 e. The Morgan fingerprint density at radius 1 is 0.808 bits per heavy atom. The third-order valence-corrected chi connectivity index (χ3v) is 25.2. The summed E-state index contributed by atoms with van der Waals surface area (Å²) in [4.78, 5) is 0. The second kappa shape index (κ2) is 12.4. The van der Waals surface area contributed by atoms with Crippen molar-refractivity contribution in [3.05, 3.63) is 41.0 Å². The van der Waals surface area contributed by atoms with Crippen LogP contribution < -0.4 is 0 Å². The van der Waals surface area contributed by atoms with Crippen molar-refractivity contribution in [2.75, 3.05) is 0 Å². The zero-order valence-electron chi connectivity index (χ0n) is 17.7. The van der Waals surface area contributed by atoms with Crippen molar-refractivity contribution in [2.45, 2.75) is 92.2 Å². The van der Waals surface area contributed by atoms with Gasteiger partial charge in [-0.3, -0.25) is 9.41 Å². The molecule has 2 aliphatic carbocycles. The van der Waals surface area contributed by atoms with E-state index in [-0.39, 0.29) is 9.41 Å². The Hall–Kier alpha value is -0.0800.